The van der Waals surface area contributed by atoms with Crippen molar-refractivity contribution >= 4 is 11.6 Å². The lowest BCUT2D eigenvalue weighted by atomic mass is 10.0. The van der Waals surface area contributed by atoms with Gasteiger partial charge in [-0.3, -0.25) is 9.69 Å². The first-order valence-corrected chi connectivity index (χ1v) is 9.58. The summed E-state index contributed by atoms with van der Waals surface area (Å²) in [5.74, 6) is 0.967. The number of piperazine rings is 1. The normalized spacial score (nSPS) is 17.4. The first-order valence-electron chi connectivity index (χ1n) is 9.58. The van der Waals surface area contributed by atoms with E-state index in [2.05, 4.69) is 32.7 Å². The van der Waals surface area contributed by atoms with Gasteiger partial charge in [0.05, 0.1) is 12.6 Å². The lowest BCUT2D eigenvalue weighted by Gasteiger charge is -2.35. The van der Waals surface area contributed by atoms with Gasteiger partial charge < -0.3 is 15.2 Å². The smallest absolute Gasteiger partial charge is 0.238 e. The summed E-state index contributed by atoms with van der Waals surface area (Å²) in [5.41, 5.74) is 2.95. The maximum absolute atomic E-state index is 12.9. The maximum Gasteiger partial charge on any atom is 0.238 e. The number of nitrogens with zero attached hydrogens (tertiary/aromatic N) is 3. The second-order valence-corrected chi connectivity index (χ2v) is 7.05. The van der Waals surface area contributed by atoms with E-state index in [1.165, 1.54) is 0 Å². The van der Waals surface area contributed by atoms with Crippen LogP contribution in [-0.4, -0.2) is 46.5 Å². The molecule has 6 nitrogen and oxygen atoms in total. The highest BCUT2D eigenvalue weighted by Gasteiger charge is 2.28. The van der Waals surface area contributed by atoms with E-state index in [4.69, 9.17) is 0 Å². The number of imidazole rings is 1. The Bertz CT molecular complexity index is 937. The fourth-order valence-electron chi connectivity index (χ4n) is 3.72. The number of aromatic nitrogens is 2. The summed E-state index contributed by atoms with van der Waals surface area (Å²) in [6.45, 7) is 2.81. The van der Waals surface area contributed by atoms with Gasteiger partial charge in [-0.1, -0.05) is 48.5 Å². The number of amides is 1. The molecule has 0 saturated carbocycles. The summed E-state index contributed by atoms with van der Waals surface area (Å²) in [6.07, 6.45) is 3.75. The predicted molar refractivity (Wildman–Crippen MR) is 111 cm³/mol. The molecule has 1 saturated heterocycles. The molecule has 1 aliphatic heterocycles. The summed E-state index contributed by atoms with van der Waals surface area (Å²) in [6, 6.07) is 18.1. The van der Waals surface area contributed by atoms with Gasteiger partial charge in [0.15, 0.2) is 0 Å². The van der Waals surface area contributed by atoms with E-state index in [1.54, 1.807) is 6.20 Å². The molecule has 2 N–H and O–H groups in total. The minimum Gasteiger partial charge on any atom is -0.337 e. The number of para-hydroxylation sites is 1. The Balaban J connectivity index is 1.50. The largest absolute Gasteiger partial charge is 0.337 e. The van der Waals surface area contributed by atoms with Crippen molar-refractivity contribution in [2.75, 3.05) is 31.5 Å². The Morgan fingerprint density at radius 2 is 1.96 bits per heavy atom. The molecular formula is C22H25N5O. The molecule has 6 heteroatoms. The molecule has 1 aliphatic rings. The molecule has 0 spiro atoms. The Kier molecular flexibility index (Phi) is 5.50. The number of rotatable bonds is 5. The van der Waals surface area contributed by atoms with Crippen LogP contribution in [0.1, 0.15) is 11.9 Å². The van der Waals surface area contributed by atoms with Crippen LogP contribution in [0, 0.1) is 0 Å². The Hall–Kier alpha value is -2.96. The van der Waals surface area contributed by atoms with Crippen LogP contribution in [0.2, 0.25) is 0 Å². The molecule has 1 atom stereocenters. The second-order valence-electron chi connectivity index (χ2n) is 7.05. The molecule has 28 heavy (non-hydrogen) atoms. The quantitative estimate of drug-likeness (QED) is 0.720. The summed E-state index contributed by atoms with van der Waals surface area (Å²) in [4.78, 5) is 19.5. The van der Waals surface area contributed by atoms with Crippen molar-refractivity contribution < 1.29 is 4.79 Å². The van der Waals surface area contributed by atoms with Crippen LogP contribution in [0.4, 0.5) is 5.69 Å². The number of carbonyl (C=O) groups excluding carboxylic acids is 1. The highest BCUT2D eigenvalue weighted by Crippen LogP contribution is 2.28. The Morgan fingerprint density at radius 1 is 1.18 bits per heavy atom. The average Bonchev–Trinajstić information content (AvgIpc) is 3.15. The lowest BCUT2D eigenvalue weighted by Crippen LogP contribution is -2.49. The van der Waals surface area contributed by atoms with Gasteiger partial charge in [-0.15, -0.1) is 0 Å². The monoisotopic (exact) mass is 375 g/mol. The molecular weight excluding hydrogens is 350 g/mol. The van der Waals surface area contributed by atoms with Gasteiger partial charge in [-0.25, -0.2) is 4.98 Å². The highest BCUT2D eigenvalue weighted by atomic mass is 16.2. The zero-order valence-electron chi connectivity index (χ0n) is 16.0. The number of nitrogens with one attached hydrogen (secondary N) is 2. The third kappa shape index (κ3) is 3.98. The lowest BCUT2D eigenvalue weighted by molar-refractivity contribution is -0.118. The maximum atomic E-state index is 12.9. The van der Waals surface area contributed by atoms with Gasteiger partial charge in [0.2, 0.25) is 5.91 Å². The van der Waals surface area contributed by atoms with Crippen molar-refractivity contribution in [1.29, 1.82) is 0 Å². The Morgan fingerprint density at radius 3 is 2.75 bits per heavy atom. The molecule has 144 valence electrons. The molecule has 0 bridgehead atoms. The SMILES string of the molecule is Cn1ccnc1C1CNCCN1CC(=O)Nc1ccccc1-c1ccccc1. The number of benzene rings is 2. The molecule has 1 unspecified atom stereocenters. The number of hydrogen-bond donors (Lipinski definition) is 2. The molecule has 2 heterocycles. The highest BCUT2D eigenvalue weighted by molar-refractivity contribution is 5.96. The van der Waals surface area contributed by atoms with Crippen molar-refractivity contribution in [3.8, 4) is 11.1 Å². The molecule has 2 aromatic carbocycles. The molecule has 3 aromatic rings. The minimum atomic E-state index is -0.00973. The van der Waals surface area contributed by atoms with E-state index < -0.39 is 0 Å². The van der Waals surface area contributed by atoms with E-state index in [0.29, 0.717) is 6.54 Å². The molecule has 1 fully saturated rings. The summed E-state index contributed by atoms with van der Waals surface area (Å²) >= 11 is 0. The van der Waals surface area contributed by atoms with Gasteiger partial charge in [0.1, 0.15) is 5.82 Å². The van der Waals surface area contributed by atoms with E-state index >= 15 is 0 Å². The van der Waals surface area contributed by atoms with E-state index in [0.717, 1.165) is 42.3 Å². The first-order chi connectivity index (χ1) is 13.7. The van der Waals surface area contributed by atoms with Crippen LogP contribution in [0.25, 0.3) is 11.1 Å². The van der Waals surface area contributed by atoms with Crippen LogP contribution >= 0.6 is 0 Å². The zero-order valence-corrected chi connectivity index (χ0v) is 16.0. The van der Waals surface area contributed by atoms with Crippen LogP contribution in [0.3, 0.4) is 0 Å². The van der Waals surface area contributed by atoms with Gasteiger partial charge in [0, 0.05) is 50.3 Å². The standard InChI is InChI=1S/C22H25N5O/c1-26-13-12-24-22(26)20-15-23-11-14-27(20)16-21(28)25-19-10-6-5-9-18(19)17-7-3-2-4-8-17/h2-10,12-13,20,23H,11,14-16H2,1H3,(H,25,28). The second kappa shape index (κ2) is 8.37. The summed E-state index contributed by atoms with van der Waals surface area (Å²) < 4.78 is 2.02. The van der Waals surface area contributed by atoms with Crippen molar-refractivity contribution in [2.45, 2.75) is 6.04 Å². The topological polar surface area (TPSA) is 62.2 Å². The molecule has 1 amide bonds. The van der Waals surface area contributed by atoms with Crippen LogP contribution in [0.5, 0.6) is 0 Å². The Labute approximate surface area is 165 Å². The van der Waals surface area contributed by atoms with Crippen molar-refractivity contribution in [1.82, 2.24) is 19.8 Å². The van der Waals surface area contributed by atoms with Gasteiger partial charge in [0.25, 0.3) is 0 Å². The average molecular weight is 375 g/mol. The van der Waals surface area contributed by atoms with Gasteiger partial charge in [-0.05, 0) is 11.6 Å². The van der Waals surface area contributed by atoms with Crippen LogP contribution in [0.15, 0.2) is 67.0 Å². The summed E-state index contributed by atoms with van der Waals surface area (Å²) in [7, 11) is 1.99. The molecule has 4 rings (SSSR count). The number of hydrogen-bond acceptors (Lipinski definition) is 4. The van der Waals surface area contributed by atoms with Gasteiger partial charge >= 0.3 is 0 Å². The van der Waals surface area contributed by atoms with Crippen molar-refractivity contribution in [3.05, 3.63) is 72.8 Å². The zero-order chi connectivity index (χ0) is 19.3. The summed E-state index contributed by atoms with van der Waals surface area (Å²) in [5, 5.41) is 6.52. The molecule has 0 radical (unpaired) electrons. The first kappa shape index (κ1) is 18.4. The number of aryl methyl sites for hydroxylation is 1. The van der Waals surface area contributed by atoms with Crippen LogP contribution < -0.4 is 10.6 Å². The molecule has 1 aromatic heterocycles. The third-order valence-electron chi connectivity index (χ3n) is 5.14. The van der Waals surface area contributed by atoms with Crippen LogP contribution in [-0.2, 0) is 11.8 Å². The van der Waals surface area contributed by atoms with Gasteiger partial charge in [-0.2, -0.15) is 0 Å². The number of anilines is 1. The van der Waals surface area contributed by atoms with E-state index in [1.807, 2.05) is 60.3 Å². The fraction of sp³-hybridized carbons (Fsp3) is 0.273. The minimum absolute atomic E-state index is 0.00973. The predicted octanol–water partition coefficient (Wildman–Crippen LogP) is 2.67. The van der Waals surface area contributed by atoms with Crippen molar-refractivity contribution in [3.63, 3.8) is 0 Å². The van der Waals surface area contributed by atoms with Crippen molar-refractivity contribution in [2.24, 2.45) is 7.05 Å². The fourth-order valence-corrected chi connectivity index (χ4v) is 3.72. The van der Waals surface area contributed by atoms with E-state index in [9.17, 15) is 4.79 Å². The number of carbonyl (C=O) groups is 1. The molecule has 0 aliphatic carbocycles. The van der Waals surface area contributed by atoms with E-state index in [-0.39, 0.29) is 11.9 Å². The third-order valence-corrected chi connectivity index (χ3v) is 5.14.